The van der Waals surface area contributed by atoms with E-state index in [0.29, 0.717) is 24.3 Å². The van der Waals surface area contributed by atoms with E-state index < -0.39 is 22.5 Å². The molecule has 200 valence electrons. The van der Waals surface area contributed by atoms with Crippen LogP contribution in [0.3, 0.4) is 0 Å². The third-order valence-electron chi connectivity index (χ3n) is 6.56. The maximum atomic E-state index is 13.3. The fraction of sp³-hybridized carbons (Fsp3) is 0.423. The Morgan fingerprint density at radius 1 is 0.973 bits per heavy atom. The number of benzene rings is 2. The molecular weight excluding hydrogens is 502 g/mol. The van der Waals surface area contributed by atoms with Crippen molar-refractivity contribution in [2.45, 2.75) is 30.8 Å². The quantitative estimate of drug-likeness (QED) is 0.518. The van der Waals surface area contributed by atoms with Gasteiger partial charge in [-0.2, -0.15) is 13.1 Å². The number of amides is 1. The first kappa shape index (κ1) is 27.0. The molecule has 8 nitrogen and oxygen atoms in total. The number of carbonyl (C=O) groups is 1. The Labute approximate surface area is 216 Å². The summed E-state index contributed by atoms with van der Waals surface area (Å²) in [5.41, 5.74) is 1.82. The van der Waals surface area contributed by atoms with Crippen molar-refractivity contribution in [3.63, 3.8) is 0 Å². The monoisotopic (exact) mass is 534 g/mol. The molecule has 1 amide bonds. The number of ether oxygens (including phenoxy) is 1. The van der Waals surface area contributed by atoms with Crippen LogP contribution in [-0.2, 0) is 14.8 Å². The first-order valence-electron chi connectivity index (χ1n) is 12.3. The van der Waals surface area contributed by atoms with Crippen LogP contribution in [0.15, 0.2) is 53.4 Å². The van der Waals surface area contributed by atoms with Gasteiger partial charge in [0.25, 0.3) is 0 Å². The summed E-state index contributed by atoms with van der Waals surface area (Å²) in [6.07, 6.45) is 5.56. The summed E-state index contributed by atoms with van der Waals surface area (Å²) in [6.45, 7) is 1.29. The van der Waals surface area contributed by atoms with Gasteiger partial charge in [0, 0.05) is 45.3 Å². The highest BCUT2D eigenvalue weighted by Crippen LogP contribution is 2.32. The molecule has 0 radical (unpaired) electrons. The van der Waals surface area contributed by atoms with Crippen molar-refractivity contribution in [1.29, 1.82) is 0 Å². The van der Waals surface area contributed by atoms with E-state index in [1.165, 1.54) is 22.5 Å². The van der Waals surface area contributed by atoms with Crippen LogP contribution in [0.2, 0.25) is 0 Å². The molecule has 11 heteroatoms. The molecule has 2 aromatic rings. The van der Waals surface area contributed by atoms with Crippen LogP contribution in [0.1, 0.15) is 24.8 Å². The molecule has 0 saturated carbocycles. The second-order valence-electron chi connectivity index (χ2n) is 9.20. The van der Waals surface area contributed by atoms with Crippen molar-refractivity contribution in [3.8, 4) is 5.75 Å². The Hall–Kier alpha value is -3.02. The molecule has 2 aromatic carbocycles. The number of sulfonamides is 1. The molecule has 0 spiro atoms. The molecule has 0 atom stereocenters. The molecule has 37 heavy (non-hydrogen) atoms. The maximum Gasteiger partial charge on any atom is 0.387 e. The van der Waals surface area contributed by atoms with Gasteiger partial charge in [0.1, 0.15) is 5.75 Å². The van der Waals surface area contributed by atoms with E-state index in [1.807, 2.05) is 7.05 Å². The van der Waals surface area contributed by atoms with Gasteiger partial charge in [0.15, 0.2) is 0 Å². The third-order valence-corrected chi connectivity index (χ3v) is 8.45. The molecular formula is C26H32F2N4O4S. The number of alkyl halides is 2. The number of halogens is 2. The van der Waals surface area contributed by atoms with E-state index in [0.717, 1.165) is 51.1 Å². The van der Waals surface area contributed by atoms with Gasteiger partial charge in [-0.15, -0.1) is 0 Å². The molecule has 0 aliphatic carbocycles. The van der Waals surface area contributed by atoms with E-state index in [9.17, 15) is 22.0 Å². The summed E-state index contributed by atoms with van der Waals surface area (Å²) in [6, 6.07) is 10.8. The molecule has 2 saturated heterocycles. The highest BCUT2D eigenvalue weighted by Gasteiger charge is 2.27. The Morgan fingerprint density at radius 2 is 1.65 bits per heavy atom. The first-order chi connectivity index (χ1) is 17.7. The second-order valence-corrected chi connectivity index (χ2v) is 11.1. The normalized spacial score (nSPS) is 17.9. The van der Waals surface area contributed by atoms with E-state index in [-0.39, 0.29) is 10.6 Å². The van der Waals surface area contributed by atoms with Gasteiger partial charge in [-0.25, -0.2) is 8.42 Å². The largest absolute Gasteiger partial charge is 0.435 e. The molecule has 2 aliphatic heterocycles. The summed E-state index contributed by atoms with van der Waals surface area (Å²) in [5.74, 6) is -0.407. The van der Waals surface area contributed by atoms with Crippen LogP contribution in [0.4, 0.5) is 20.2 Å². The lowest BCUT2D eigenvalue weighted by atomic mass is 10.2. The summed E-state index contributed by atoms with van der Waals surface area (Å²) in [4.78, 5) is 17.3. The van der Waals surface area contributed by atoms with Crippen molar-refractivity contribution < 1.29 is 26.7 Å². The van der Waals surface area contributed by atoms with E-state index in [4.69, 9.17) is 0 Å². The smallest absolute Gasteiger partial charge is 0.387 e. The Balaban J connectivity index is 1.55. The zero-order valence-electron chi connectivity index (χ0n) is 20.8. The fourth-order valence-corrected chi connectivity index (χ4v) is 6.00. The van der Waals surface area contributed by atoms with Gasteiger partial charge in [0.05, 0.1) is 16.3 Å². The van der Waals surface area contributed by atoms with Crippen LogP contribution in [-0.4, -0.2) is 76.5 Å². The summed E-state index contributed by atoms with van der Waals surface area (Å²) in [5, 5.41) is 2.85. The van der Waals surface area contributed by atoms with Gasteiger partial charge in [-0.3, -0.25) is 4.79 Å². The molecule has 2 heterocycles. The predicted octanol–water partition coefficient (Wildman–Crippen LogP) is 3.87. The van der Waals surface area contributed by atoms with Crippen LogP contribution in [0, 0.1) is 0 Å². The van der Waals surface area contributed by atoms with Gasteiger partial charge < -0.3 is 19.9 Å². The van der Waals surface area contributed by atoms with Gasteiger partial charge in [-0.1, -0.05) is 18.6 Å². The molecule has 4 rings (SSSR count). The molecule has 0 bridgehead atoms. The van der Waals surface area contributed by atoms with Crippen LogP contribution in [0.25, 0.3) is 6.08 Å². The minimum Gasteiger partial charge on any atom is -0.435 e. The first-order valence-corrected chi connectivity index (χ1v) is 13.8. The SMILES string of the molecule is CN1CCN(c2ccc(S(=O)(=O)N3CCCCC3)cc2NC(=O)C=Cc2ccc(OC(F)F)cc2)CC1. The van der Waals surface area contributed by atoms with Gasteiger partial charge in [-0.05, 0) is 61.9 Å². The van der Waals surface area contributed by atoms with Crippen molar-refractivity contribution in [2.75, 3.05) is 56.5 Å². The van der Waals surface area contributed by atoms with Gasteiger partial charge >= 0.3 is 6.61 Å². The van der Waals surface area contributed by atoms with Crippen molar-refractivity contribution in [2.24, 2.45) is 0 Å². The van der Waals surface area contributed by atoms with E-state index in [1.54, 1.807) is 36.4 Å². The molecule has 1 N–H and O–H groups in total. The highest BCUT2D eigenvalue weighted by molar-refractivity contribution is 7.89. The Morgan fingerprint density at radius 3 is 2.30 bits per heavy atom. The standard InChI is InChI=1S/C26H32F2N4O4S/c1-30-15-17-31(18-16-30)24-11-10-22(37(34,35)32-13-3-2-4-14-32)19-23(24)29-25(33)12-7-20-5-8-21(9-6-20)36-26(27)28/h5-12,19,26H,2-4,13-18H2,1H3,(H,29,33). The molecule has 2 fully saturated rings. The average Bonchev–Trinajstić information content (AvgIpc) is 2.89. The fourth-order valence-electron chi connectivity index (χ4n) is 4.46. The molecule has 0 unspecified atom stereocenters. The summed E-state index contributed by atoms with van der Waals surface area (Å²) in [7, 11) is -1.63. The van der Waals surface area contributed by atoms with Crippen LogP contribution >= 0.6 is 0 Å². The number of likely N-dealkylation sites (N-methyl/N-ethyl adjacent to an activating group) is 1. The lowest BCUT2D eigenvalue weighted by Gasteiger charge is -2.35. The summed E-state index contributed by atoms with van der Waals surface area (Å²) < 4.78 is 57.1. The van der Waals surface area contributed by atoms with Crippen LogP contribution < -0.4 is 15.0 Å². The van der Waals surface area contributed by atoms with Crippen LogP contribution in [0.5, 0.6) is 5.75 Å². The van der Waals surface area contributed by atoms with Crippen molar-refractivity contribution >= 4 is 33.4 Å². The zero-order chi connectivity index (χ0) is 26.4. The maximum absolute atomic E-state index is 13.3. The van der Waals surface area contributed by atoms with E-state index >= 15 is 0 Å². The average molecular weight is 535 g/mol. The zero-order valence-corrected chi connectivity index (χ0v) is 21.6. The van der Waals surface area contributed by atoms with Crippen molar-refractivity contribution in [3.05, 3.63) is 54.1 Å². The minimum absolute atomic E-state index is 0.0279. The lowest BCUT2D eigenvalue weighted by molar-refractivity contribution is -0.111. The molecule has 0 aromatic heterocycles. The predicted molar refractivity (Wildman–Crippen MR) is 139 cm³/mol. The third kappa shape index (κ3) is 7.06. The topological polar surface area (TPSA) is 82.2 Å². The minimum atomic E-state index is -3.67. The lowest BCUT2D eigenvalue weighted by Crippen LogP contribution is -2.44. The summed E-state index contributed by atoms with van der Waals surface area (Å²) >= 11 is 0. The number of rotatable bonds is 8. The number of anilines is 2. The highest BCUT2D eigenvalue weighted by atomic mass is 32.2. The van der Waals surface area contributed by atoms with E-state index in [2.05, 4.69) is 19.9 Å². The number of nitrogens with zero attached hydrogens (tertiary/aromatic N) is 3. The second kappa shape index (κ2) is 12.0. The Kier molecular flexibility index (Phi) is 8.78. The number of carbonyl (C=O) groups excluding carboxylic acids is 1. The number of hydrogen-bond acceptors (Lipinski definition) is 6. The number of hydrogen-bond donors (Lipinski definition) is 1. The number of nitrogens with one attached hydrogen (secondary N) is 1. The Bertz CT molecular complexity index is 1210. The molecule has 2 aliphatic rings. The number of piperazine rings is 1. The number of piperidine rings is 1. The van der Waals surface area contributed by atoms with Crippen molar-refractivity contribution in [1.82, 2.24) is 9.21 Å². The van der Waals surface area contributed by atoms with Gasteiger partial charge in [0.2, 0.25) is 15.9 Å².